The molecule has 0 unspecified atom stereocenters. The quantitative estimate of drug-likeness (QED) is 0.564. The van der Waals surface area contributed by atoms with Crippen molar-refractivity contribution in [2.75, 3.05) is 41.2 Å². The lowest BCUT2D eigenvalue weighted by Crippen LogP contribution is -2.18. The molecule has 0 aliphatic carbocycles. The van der Waals surface area contributed by atoms with Gasteiger partial charge in [-0.1, -0.05) is 0 Å². The predicted octanol–water partition coefficient (Wildman–Crippen LogP) is 3.78. The first-order chi connectivity index (χ1) is 16.1. The standard InChI is InChI=1S/C23H25N5O4S/c29-33(30,20-8-9-21-22(15-20)32-13-3-12-31-21)27-18-6-4-17(5-7-18)25-23-14-19(16-24-26-23)28-10-1-2-11-28/h4-9,14-16,27H,1-3,10-13H2,(H,25,26). The van der Waals surface area contributed by atoms with Crippen LogP contribution in [-0.2, 0) is 10.0 Å². The monoisotopic (exact) mass is 467 g/mol. The van der Waals surface area contributed by atoms with Crippen molar-refractivity contribution in [3.63, 3.8) is 0 Å². The minimum Gasteiger partial charge on any atom is -0.490 e. The highest BCUT2D eigenvalue weighted by atomic mass is 32.2. The molecule has 0 radical (unpaired) electrons. The van der Waals surface area contributed by atoms with Crippen LogP contribution >= 0.6 is 0 Å². The Labute approximate surface area is 192 Å². The van der Waals surface area contributed by atoms with E-state index in [0.29, 0.717) is 36.2 Å². The maximum Gasteiger partial charge on any atom is 0.262 e. The zero-order valence-electron chi connectivity index (χ0n) is 18.0. The first kappa shape index (κ1) is 21.3. The largest absolute Gasteiger partial charge is 0.490 e. The lowest BCUT2D eigenvalue weighted by molar-refractivity contribution is 0.297. The third kappa shape index (κ3) is 4.95. The fourth-order valence-electron chi connectivity index (χ4n) is 3.86. The molecule has 33 heavy (non-hydrogen) atoms. The zero-order valence-corrected chi connectivity index (χ0v) is 18.8. The van der Waals surface area contributed by atoms with E-state index in [9.17, 15) is 8.42 Å². The van der Waals surface area contributed by atoms with Crippen LogP contribution in [0.25, 0.3) is 0 Å². The van der Waals surface area contributed by atoms with Crippen molar-refractivity contribution in [1.29, 1.82) is 0 Å². The Hall–Kier alpha value is -3.53. The number of hydrogen-bond donors (Lipinski definition) is 2. The maximum atomic E-state index is 12.9. The molecule has 1 fully saturated rings. The number of benzene rings is 2. The highest BCUT2D eigenvalue weighted by Crippen LogP contribution is 2.32. The average molecular weight is 468 g/mol. The van der Waals surface area contributed by atoms with Crippen molar-refractivity contribution in [2.45, 2.75) is 24.2 Å². The zero-order chi connectivity index (χ0) is 22.7. The molecule has 0 atom stereocenters. The Morgan fingerprint density at radius 3 is 2.36 bits per heavy atom. The number of anilines is 4. The van der Waals surface area contributed by atoms with Crippen LogP contribution in [0.1, 0.15) is 19.3 Å². The predicted molar refractivity (Wildman–Crippen MR) is 126 cm³/mol. The molecule has 9 nitrogen and oxygen atoms in total. The number of fused-ring (bicyclic) bond motifs is 1. The lowest BCUT2D eigenvalue weighted by atomic mass is 10.3. The first-order valence-corrected chi connectivity index (χ1v) is 12.4. The normalized spacial score (nSPS) is 15.7. The van der Waals surface area contributed by atoms with Crippen molar-refractivity contribution in [3.8, 4) is 11.5 Å². The van der Waals surface area contributed by atoms with Crippen molar-refractivity contribution in [3.05, 3.63) is 54.7 Å². The molecule has 0 spiro atoms. The van der Waals surface area contributed by atoms with Crippen molar-refractivity contribution >= 4 is 32.9 Å². The Morgan fingerprint density at radius 1 is 0.848 bits per heavy atom. The van der Waals surface area contributed by atoms with Crippen LogP contribution in [0.3, 0.4) is 0 Å². The molecule has 3 heterocycles. The molecule has 0 amide bonds. The number of sulfonamides is 1. The van der Waals surface area contributed by atoms with Crippen LogP contribution in [-0.4, -0.2) is 44.9 Å². The second-order valence-electron chi connectivity index (χ2n) is 7.96. The second kappa shape index (κ2) is 9.14. The Morgan fingerprint density at radius 2 is 1.58 bits per heavy atom. The van der Waals surface area contributed by atoms with Gasteiger partial charge in [0.2, 0.25) is 0 Å². The topological polar surface area (TPSA) is 106 Å². The van der Waals surface area contributed by atoms with E-state index >= 15 is 0 Å². The Balaban J connectivity index is 1.27. The molecule has 1 aromatic heterocycles. The summed E-state index contributed by atoms with van der Waals surface area (Å²) in [5.41, 5.74) is 2.27. The van der Waals surface area contributed by atoms with Gasteiger partial charge in [-0.3, -0.25) is 4.72 Å². The van der Waals surface area contributed by atoms with Crippen LogP contribution in [0, 0.1) is 0 Å². The van der Waals surface area contributed by atoms with E-state index in [0.717, 1.165) is 30.9 Å². The summed E-state index contributed by atoms with van der Waals surface area (Å²) in [5, 5.41) is 11.5. The van der Waals surface area contributed by atoms with Gasteiger partial charge < -0.3 is 19.7 Å². The molecule has 0 bridgehead atoms. The number of rotatable bonds is 6. The van der Waals surface area contributed by atoms with Gasteiger partial charge in [-0.15, -0.1) is 5.10 Å². The molecule has 3 aromatic rings. The van der Waals surface area contributed by atoms with E-state index in [1.54, 1.807) is 36.5 Å². The summed E-state index contributed by atoms with van der Waals surface area (Å²) in [4.78, 5) is 2.40. The summed E-state index contributed by atoms with van der Waals surface area (Å²) in [6.07, 6.45) is 4.90. The van der Waals surface area contributed by atoms with Gasteiger partial charge in [0.15, 0.2) is 17.3 Å². The van der Waals surface area contributed by atoms with Crippen LogP contribution in [0.2, 0.25) is 0 Å². The minimum atomic E-state index is -3.78. The van der Waals surface area contributed by atoms with E-state index in [1.165, 1.54) is 25.0 Å². The number of aromatic nitrogens is 2. The molecular weight excluding hydrogens is 442 g/mol. The molecule has 2 aromatic carbocycles. The van der Waals surface area contributed by atoms with Gasteiger partial charge in [-0.05, 0) is 49.2 Å². The van der Waals surface area contributed by atoms with E-state index < -0.39 is 10.0 Å². The summed E-state index contributed by atoms with van der Waals surface area (Å²) in [6, 6.07) is 13.6. The Bertz CT molecular complexity index is 1230. The smallest absolute Gasteiger partial charge is 0.262 e. The molecule has 5 rings (SSSR count). The van der Waals surface area contributed by atoms with E-state index in [1.807, 2.05) is 6.07 Å². The van der Waals surface area contributed by atoms with Gasteiger partial charge in [0.05, 0.1) is 30.0 Å². The summed E-state index contributed by atoms with van der Waals surface area (Å²) >= 11 is 0. The number of nitrogens with one attached hydrogen (secondary N) is 2. The van der Waals surface area contributed by atoms with Crippen LogP contribution in [0.5, 0.6) is 11.5 Å². The molecule has 172 valence electrons. The highest BCUT2D eigenvalue weighted by Gasteiger charge is 2.19. The van der Waals surface area contributed by atoms with Crippen LogP contribution in [0.15, 0.2) is 59.6 Å². The van der Waals surface area contributed by atoms with Crippen LogP contribution in [0.4, 0.5) is 22.9 Å². The SMILES string of the molecule is O=S(=O)(Nc1ccc(Nc2cc(N3CCCC3)cnn2)cc1)c1ccc2c(c1)OCCCO2. The van der Waals surface area contributed by atoms with Crippen molar-refractivity contribution in [2.24, 2.45) is 0 Å². The van der Waals surface area contributed by atoms with Gasteiger partial charge >= 0.3 is 0 Å². The fraction of sp³-hybridized carbons (Fsp3) is 0.304. The van der Waals surface area contributed by atoms with Crippen LogP contribution < -0.4 is 24.4 Å². The third-order valence-electron chi connectivity index (χ3n) is 5.55. The fourth-order valence-corrected chi connectivity index (χ4v) is 4.93. The first-order valence-electron chi connectivity index (χ1n) is 10.9. The van der Waals surface area contributed by atoms with E-state index in [2.05, 4.69) is 25.1 Å². The molecule has 2 N–H and O–H groups in total. The van der Waals surface area contributed by atoms with Crippen molar-refractivity contribution < 1.29 is 17.9 Å². The van der Waals surface area contributed by atoms with Gasteiger partial charge in [-0.25, -0.2) is 8.42 Å². The van der Waals surface area contributed by atoms with Gasteiger partial charge in [0.1, 0.15) is 0 Å². The van der Waals surface area contributed by atoms with Gasteiger partial charge in [-0.2, -0.15) is 5.10 Å². The minimum absolute atomic E-state index is 0.114. The maximum absolute atomic E-state index is 12.9. The molecule has 10 heteroatoms. The van der Waals surface area contributed by atoms with E-state index in [-0.39, 0.29) is 4.90 Å². The Kier molecular flexibility index (Phi) is 5.91. The molecular formula is C23H25N5O4S. The summed E-state index contributed by atoms with van der Waals surface area (Å²) in [5.74, 6) is 1.63. The number of nitrogens with zero attached hydrogens (tertiary/aromatic N) is 3. The number of ether oxygens (including phenoxy) is 2. The number of hydrogen-bond acceptors (Lipinski definition) is 8. The average Bonchev–Trinajstić information content (AvgIpc) is 3.26. The molecule has 0 saturated carbocycles. The molecule has 1 saturated heterocycles. The van der Waals surface area contributed by atoms with Crippen molar-refractivity contribution in [1.82, 2.24) is 10.2 Å². The third-order valence-corrected chi connectivity index (χ3v) is 6.93. The summed E-state index contributed by atoms with van der Waals surface area (Å²) in [6.45, 7) is 3.10. The van der Waals surface area contributed by atoms with Gasteiger partial charge in [0, 0.05) is 43.0 Å². The molecule has 2 aliphatic rings. The lowest BCUT2D eigenvalue weighted by Gasteiger charge is -2.17. The molecule has 2 aliphatic heterocycles. The highest BCUT2D eigenvalue weighted by molar-refractivity contribution is 7.92. The van der Waals surface area contributed by atoms with Gasteiger partial charge in [0.25, 0.3) is 10.0 Å². The summed E-state index contributed by atoms with van der Waals surface area (Å²) < 4.78 is 39.5. The summed E-state index contributed by atoms with van der Waals surface area (Å²) in [7, 11) is -3.78. The van der Waals surface area contributed by atoms with E-state index in [4.69, 9.17) is 9.47 Å². The second-order valence-corrected chi connectivity index (χ2v) is 9.64.